The van der Waals surface area contributed by atoms with Crippen LogP contribution in [-0.4, -0.2) is 40.5 Å². The van der Waals surface area contributed by atoms with E-state index in [1.54, 1.807) is 20.0 Å². The Morgan fingerprint density at radius 1 is 1.38 bits per heavy atom. The summed E-state index contributed by atoms with van der Waals surface area (Å²) in [5.41, 5.74) is 2.19. The molecule has 1 aromatic rings. The van der Waals surface area contributed by atoms with Crippen LogP contribution in [0.5, 0.6) is 0 Å². The van der Waals surface area contributed by atoms with E-state index in [4.69, 9.17) is 0 Å². The van der Waals surface area contributed by atoms with Crippen LogP contribution in [0.25, 0.3) is 0 Å². The van der Waals surface area contributed by atoms with Crippen molar-refractivity contribution in [2.24, 2.45) is 0 Å². The Morgan fingerprint density at radius 2 is 2.00 bits per heavy atom. The van der Waals surface area contributed by atoms with Crippen molar-refractivity contribution in [2.75, 3.05) is 19.6 Å². The Hall–Kier alpha value is -1.53. The Morgan fingerprint density at radius 3 is 2.52 bits per heavy atom. The maximum absolute atomic E-state index is 11.1. The van der Waals surface area contributed by atoms with Crippen LogP contribution in [0.1, 0.15) is 37.6 Å². The number of aromatic nitrogens is 1. The average molecular weight is 294 g/mol. The second-order valence-electron chi connectivity index (χ2n) is 5.39. The molecule has 1 aromatic heterocycles. The molecule has 0 aliphatic rings. The van der Waals surface area contributed by atoms with E-state index in [9.17, 15) is 10.1 Å². The lowest BCUT2D eigenvalue weighted by atomic mass is 10.1. The fraction of sp³-hybridized carbons (Fsp3) is 0.667. The Kier molecular flexibility index (Phi) is 6.71. The lowest BCUT2D eigenvalue weighted by Crippen LogP contribution is -2.39. The molecule has 1 unspecified atom stereocenters. The highest BCUT2D eigenvalue weighted by molar-refractivity contribution is 5.47. The Balaban J connectivity index is 2.72. The molecule has 0 saturated carbocycles. The molecule has 0 radical (unpaired) electrons. The largest absolute Gasteiger partial charge is 0.307 e. The minimum absolute atomic E-state index is 0.179. The van der Waals surface area contributed by atoms with Crippen LogP contribution >= 0.6 is 0 Å². The summed E-state index contributed by atoms with van der Waals surface area (Å²) in [7, 11) is 0. The molecule has 0 aromatic carbocycles. The first kappa shape index (κ1) is 17.5. The van der Waals surface area contributed by atoms with Crippen molar-refractivity contribution < 1.29 is 4.92 Å². The third-order valence-electron chi connectivity index (χ3n) is 3.80. The molecular formula is C15H26N4O2. The molecule has 6 heteroatoms. The summed E-state index contributed by atoms with van der Waals surface area (Å²) >= 11 is 0. The number of hydrogen-bond donors (Lipinski definition) is 1. The van der Waals surface area contributed by atoms with Gasteiger partial charge in [0.15, 0.2) is 0 Å². The number of likely N-dealkylation sites (N-methyl/N-ethyl adjacent to an activating group) is 1. The zero-order valence-electron chi connectivity index (χ0n) is 13.6. The third-order valence-corrected chi connectivity index (χ3v) is 3.80. The number of pyridine rings is 1. The molecule has 1 N–H and O–H groups in total. The van der Waals surface area contributed by atoms with Crippen LogP contribution in [0.3, 0.4) is 0 Å². The Labute approximate surface area is 126 Å². The van der Waals surface area contributed by atoms with Gasteiger partial charge < -0.3 is 10.2 Å². The summed E-state index contributed by atoms with van der Waals surface area (Å²) in [5.74, 6) is 0. The first-order chi connectivity index (χ1) is 9.90. The molecule has 0 fully saturated rings. The monoisotopic (exact) mass is 294 g/mol. The summed E-state index contributed by atoms with van der Waals surface area (Å²) in [5, 5.41) is 14.5. The predicted octanol–water partition coefficient (Wildman–Crippen LogP) is 2.43. The number of nitrogens with zero attached hydrogens (tertiary/aromatic N) is 3. The molecule has 1 rings (SSSR count). The van der Waals surface area contributed by atoms with E-state index in [2.05, 4.69) is 36.0 Å². The molecule has 0 spiro atoms. The molecule has 21 heavy (non-hydrogen) atoms. The predicted molar refractivity (Wildman–Crippen MR) is 84.5 cm³/mol. The van der Waals surface area contributed by atoms with Crippen molar-refractivity contribution in [3.05, 3.63) is 33.1 Å². The molecule has 0 aliphatic heterocycles. The molecular weight excluding hydrogens is 268 g/mol. The minimum Gasteiger partial charge on any atom is -0.307 e. The third kappa shape index (κ3) is 4.75. The molecule has 118 valence electrons. The van der Waals surface area contributed by atoms with Gasteiger partial charge in [0, 0.05) is 36.5 Å². The molecule has 1 heterocycles. The van der Waals surface area contributed by atoms with Gasteiger partial charge in [-0.25, -0.2) is 0 Å². The van der Waals surface area contributed by atoms with E-state index in [-0.39, 0.29) is 10.6 Å². The standard InChI is InChI=1S/C15H26N4O2/c1-6-18(7-2)10-12(4)16-9-14-13(5)15(19(20)21)11(3)8-17-14/h8,12,16H,6-7,9-10H2,1-5H3. The lowest BCUT2D eigenvalue weighted by Gasteiger charge is -2.23. The average Bonchev–Trinajstić information content (AvgIpc) is 2.43. The topological polar surface area (TPSA) is 71.3 Å². The SMILES string of the molecule is CCN(CC)CC(C)NCc1ncc(C)c([N+](=O)[O-])c1C. The highest BCUT2D eigenvalue weighted by Crippen LogP contribution is 2.23. The van der Waals surface area contributed by atoms with E-state index in [0.29, 0.717) is 23.7 Å². The number of rotatable bonds is 8. The van der Waals surface area contributed by atoms with Crippen molar-refractivity contribution >= 4 is 5.69 Å². The first-order valence-corrected chi connectivity index (χ1v) is 7.45. The smallest absolute Gasteiger partial charge is 0.278 e. The fourth-order valence-electron chi connectivity index (χ4n) is 2.43. The van der Waals surface area contributed by atoms with Gasteiger partial charge in [0.05, 0.1) is 10.6 Å². The molecule has 0 aliphatic carbocycles. The van der Waals surface area contributed by atoms with Crippen LogP contribution in [0.15, 0.2) is 6.20 Å². The van der Waals surface area contributed by atoms with Gasteiger partial charge in [0.1, 0.15) is 0 Å². The summed E-state index contributed by atoms with van der Waals surface area (Å²) in [6.07, 6.45) is 1.58. The molecule has 0 saturated heterocycles. The molecule has 0 bridgehead atoms. The maximum Gasteiger partial charge on any atom is 0.278 e. The maximum atomic E-state index is 11.1. The van der Waals surface area contributed by atoms with Gasteiger partial charge in [0.2, 0.25) is 0 Å². The zero-order chi connectivity index (χ0) is 16.0. The number of nitro groups is 1. The van der Waals surface area contributed by atoms with Crippen molar-refractivity contribution in [3.63, 3.8) is 0 Å². The minimum atomic E-state index is -0.324. The van der Waals surface area contributed by atoms with Crippen molar-refractivity contribution in [2.45, 2.75) is 47.2 Å². The molecule has 6 nitrogen and oxygen atoms in total. The van der Waals surface area contributed by atoms with Gasteiger partial charge in [0.25, 0.3) is 5.69 Å². The van der Waals surface area contributed by atoms with Gasteiger partial charge in [-0.3, -0.25) is 15.1 Å². The van der Waals surface area contributed by atoms with Crippen LogP contribution in [0.4, 0.5) is 5.69 Å². The fourth-order valence-corrected chi connectivity index (χ4v) is 2.43. The number of aryl methyl sites for hydroxylation is 1. The summed E-state index contributed by atoms with van der Waals surface area (Å²) < 4.78 is 0. The normalized spacial score (nSPS) is 12.7. The number of nitrogens with one attached hydrogen (secondary N) is 1. The summed E-state index contributed by atoms with van der Waals surface area (Å²) in [4.78, 5) is 17.5. The van der Waals surface area contributed by atoms with Gasteiger partial charge in [-0.1, -0.05) is 13.8 Å². The van der Waals surface area contributed by atoms with Gasteiger partial charge in [-0.05, 0) is 33.9 Å². The van der Waals surface area contributed by atoms with Crippen molar-refractivity contribution in [1.29, 1.82) is 0 Å². The van der Waals surface area contributed by atoms with Crippen LogP contribution in [0.2, 0.25) is 0 Å². The quantitative estimate of drug-likeness (QED) is 0.589. The summed E-state index contributed by atoms with van der Waals surface area (Å²) in [6, 6.07) is 0.312. The zero-order valence-corrected chi connectivity index (χ0v) is 13.6. The Bertz CT molecular complexity index is 487. The van der Waals surface area contributed by atoms with E-state index in [1.165, 1.54) is 0 Å². The highest BCUT2D eigenvalue weighted by atomic mass is 16.6. The molecule has 1 atom stereocenters. The van der Waals surface area contributed by atoms with E-state index in [0.717, 1.165) is 25.3 Å². The van der Waals surface area contributed by atoms with Crippen molar-refractivity contribution in [1.82, 2.24) is 15.2 Å². The van der Waals surface area contributed by atoms with Crippen molar-refractivity contribution in [3.8, 4) is 0 Å². The van der Waals surface area contributed by atoms with E-state index in [1.807, 2.05) is 0 Å². The summed E-state index contributed by atoms with van der Waals surface area (Å²) in [6.45, 7) is 13.5. The van der Waals surface area contributed by atoms with Crippen LogP contribution < -0.4 is 5.32 Å². The second kappa shape index (κ2) is 8.05. The van der Waals surface area contributed by atoms with Gasteiger partial charge in [-0.15, -0.1) is 0 Å². The van der Waals surface area contributed by atoms with E-state index < -0.39 is 0 Å². The first-order valence-electron chi connectivity index (χ1n) is 7.45. The van der Waals surface area contributed by atoms with Gasteiger partial charge >= 0.3 is 0 Å². The molecule has 0 amide bonds. The number of hydrogen-bond acceptors (Lipinski definition) is 5. The van der Waals surface area contributed by atoms with Crippen LogP contribution in [-0.2, 0) is 6.54 Å². The second-order valence-corrected chi connectivity index (χ2v) is 5.39. The lowest BCUT2D eigenvalue weighted by molar-refractivity contribution is -0.386. The van der Waals surface area contributed by atoms with Gasteiger partial charge in [-0.2, -0.15) is 0 Å². The highest BCUT2D eigenvalue weighted by Gasteiger charge is 2.18. The van der Waals surface area contributed by atoms with E-state index >= 15 is 0 Å². The van der Waals surface area contributed by atoms with Crippen LogP contribution in [0, 0.1) is 24.0 Å².